The maximum atomic E-state index is 12.9. The third-order valence-corrected chi connectivity index (χ3v) is 4.68. The Morgan fingerprint density at radius 2 is 2.15 bits per heavy atom. The van der Waals surface area contributed by atoms with Crippen molar-refractivity contribution >= 4 is 29.3 Å². The summed E-state index contributed by atoms with van der Waals surface area (Å²) in [4.78, 5) is 37.4. The molecular weight excluding hydrogens is 351 g/mol. The molecule has 4 heterocycles. The zero-order chi connectivity index (χ0) is 18.8. The summed E-state index contributed by atoms with van der Waals surface area (Å²) in [6.07, 6.45) is 2.41. The fourth-order valence-electron chi connectivity index (χ4n) is 3.46. The lowest BCUT2D eigenvalue weighted by Gasteiger charge is -2.35. The summed E-state index contributed by atoms with van der Waals surface area (Å²) in [7, 11) is 0. The molecule has 0 saturated carbocycles. The monoisotopic (exact) mass is 370 g/mol. The number of rotatable bonds is 4. The van der Waals surface area contributed by atoms with Gasteiger partial charge in [-0.1, -0.05) is 6.07 Å². The van der Waals surface area contributed by atoms with Crippen LogP contribution in [0.25, 0.3) is 0 Å². The van der Waals surface area contributed by atoms with Gasteiger partial charge in [-0.25, -0.2) is 19.2 Å². The second-order valence-corrected chi connectivity index (χ2v) is 6.39. The molecule has 1 atom stereocenters. The maximum absolute atomic E-state index is 12.9. The average Bonchev–Trinajstić information content (AvgIpc) is 3.11. The molecule has 140 valence electrons. The van der Waals surface area contributed by atoms with Gasteiger partial charge in [-0.15, -0.1) is 0 Å². The molecule has 0 spiro atoms. The summed E-state index contributed by atoms with van der Waals surface area (Å²) < 4.78 is 12.3. The Bertz CT molecular complexity index is 862. The Labute approximate surface area is 155 Å². The number of amides is 3. The van der Waals surface area contributed by atoms with E-state index in [2.05, 4.69) is 25.5 Å². The molecule has 1 fully saturated rings. The minimum absolute atomic E-state index is 0.0298. The van der Waals surface area contributed by atoms with Gasteiger partial charge in [0.15, 0.2) is 5.82 Å². The molecule has 2 aromatic rings. The van der Waals surface area contributed by atoms with Crippen molar-refractivity contribution < 1.29 is 14.0 Å². The summed E-state index contributed by atoms with van der Waals surface area (Å²) >= 11 is 0. The van der Waals surface area contributed by atoms with Gasteiger partial charge in [0.2, 0.25) is 0 Å². The summed E-state index contributed by atoms with van der Waals surface area (Å²) in [5, 5.41) is 5.24. The van der Waals surface area contributed by atoms with E-state index in [0.717, 1.165) is 25.2 Å². The molecule has 2 aliphatic heterocycles. The van der Waals surface area contributed by atoms with Crippen molar-refractivity contribution in [2.24, 2.45) is 0 Å². The van der Waals surface area contributed by atoms with E-state index >= 15 is 0 Å². The van der Waals surface area contributed by atoms with E-state index in [1.54, 1.807) is 41.4 Å². The first-order chi connectivity index (χ1) is 13.2. The number of hydrogen-bond acceptors (Lipinski definition) is 5. The van der Waals surface area contributed by atoms with Gasteiger partial charge in [0.1, 0.15) is 18.2 Å². The highest BCUT2D eigenvalue weighted by Crippen LogP contribution is 2.39. The zero-order valence-corrected chi connectivity index (χ0v) is 14.6. The molecule has 27 heavy (non-hydrogen) atoms. The van der Waals surface area contributed by atoms with Crippen LogP contribution in [0.4, 0.5) is 26.5 Å². The van der Waals surface area contributed by atoms with E-state index in [1.165, 1.54) is 0 Å². The van der Waals surface area contributed by atoms with Crippen molar-refractivity contribution in [2.45, 2.75) is 12.5 Å². The van der Waals surface area contributed by atoms with E-state index in [1.807, 2.05) is 0 Å². The fraction of sp³-hybridized carbons (Fsp3) is 0.333. The van der Waals surface area contributed by atoms with Crippen LogP contribution >= 0.6 is 0 Å². The first-order valence-electron chi connectivity index (χ1n) is 8.79. The highest BCUT2D eigenvalue weighted by Gasteiger charge is 2.40. The number of fused-ring (bicyclic) bond motifs is 4. The lowest BCUT2D eigenvalue weighted by Crippen LogP contribution is -2.48. The smallest absolute Gasteiger partial charge is 0.329 e. The zero-order valence-electron chi connectivity index (χ0n) is 14.6. The molecule has 9 heteroatoms. The van der Waals surface area contributed by atoms with Crippen molar-refractivity contribution in [3.8, 4) is 0 Å². The predicted octanol–water partition coefficient (Wildman–Crippen LogP) is 1.81. The van der Waals surface area contributed by atoms with E-state index in [-0.39, 0.29) is 24.3 Å². The standard InChI is InChI=1S/C18H19FN6O2/c19-7-9-21-17(26)13-4-5-14-16(22-13)25(12-6-10-24(14)11-12)18(27)23-15-3-1-2-8-20-15/h1-5,8,12H,6-7,9-11H2,(H,21,26)(H,20,23,27). The summed E-state index contributed by atoms with van der Waals surface area (Å²) in [6.45, 7) is 0.819. The molecule has 1 saturated heterocycles. The van der Waals surface area contributed by atoms with Crippen LogP contribution in [0.5, 0.6) is 0 Å². The van der Waals surface area contributed by atoms with E-state index in [4.69, 9.17) is 0 Å². The number of halogens is 1. The molecule has 0 radical (unpaired) electrons. The molecule has 3 amide bonds. The number of carbonyl (C=O) groups excluding carboxylic acids is 2. The fourth-order valence-corrected chi connectivity index (χ4v) is 3.46. The van der Waals surface area contributed by atoms with Crippen molar-refractivity contribution in [2.75, 3.05) is 41.4 Å². The third kappa shape index (κ3) is 3.27. The lowest BCUT2D eigenvalue weighted by atomic mass is 10.1. The molecule has 0 aliphatic carbocycles. The predicted molar refractivity (Wildman–Crippen MR) is 98.9 cm³/mol. The first-order valence-corrected chi connectivity index (χ1v) is 8.79. The Morgan fingerprint density at radius 3 is 2.93 bits per heavy atom. The van der Waals surface area contributed by atoms with Gasteiger partial charge in [0.05, 0.1) is 11.7 Å². The van der Waals surface area contributed by atoms with Gasteiger partial charge in [0.25, 0.3) is 5.91 Å². The van der Waals surface area contributed by atoms with Gasteiger partial charge >= 0.3 is 6.03 Å². The lowest BCUT2D eigenvalue weighted by molar-refractivity contribution is 0.0946. The topological polar surface area (TPSA) is 90.5 Å². The number of carbonyl (C=O) groups is 2. The van der Waals surface area contributed by atoms with Crippen LogP contribution in [0.15, 0.2) is 36.5 Å². The molecular formula is C18H19FN6O2. The minimum atomic E-state index is -0.648. The molecule has 4 rings (SSSR count). The van der Waals surface area contributed by atoms with Crippen molar-refractivity contribution in [3.05, 3.63) is 42.2 Å². The minimum Gasteiger partial charge on any atom is -0.366 e. The van der Waals surface area contributed by atoms with Crippen LogP contribution in [0, 0.1) is 0 Å². The SMILES string of the molecule is O=C(NCCF)c1ccc2c(n1)N(C(=O)Nc1ccccn1)C1CCN2C1. The molecule has 2 aliphatic rings. The van der Waals surface area contributed by atoms with Crippen molar-refractivity contribution in [1.29, 1.82) is 0 Å². The normalized spacial score (nSPS) is 17.4. The van der Waals surface area contributed by atoms with Crippen LogP contribution in [-0.4, -0.2) is 54.3 Å². The first kappa shape index (κ1) is 17.2. The summed E-state index contributed by atoms with van der Waals surface area (Å²) in [5.74, 6) is 0.417. The molecule has 2 bridgehead atoms. The third-order valence-electron chi connectivity index (χ3n) is 4.68. The number of nitrogens with one attached hydrogen (secondary N) is 2. The van der Waals surface area contributed by atoms with Crippen LogP contribution < -0.4 is 20.4 Å². The Balaban J connectivity index is 1.65. The van der Waals surface area contributed by atoms with Crippen LogP contribution in [0.2, 0.25) is 0 Å². The average molecular weight is 370 g/mol. The van der Waals surface area contributed by atoms with E-state index in [0.29, 0.717) is 11.6 Å². The largest absolute Gasteiger partial charge is 0.366 e. The maximum Gasteiger partial charge on any atom is 0.329 e. The van der Waals surface area contributed by atoms with Gasteiger partial charge in [-0.3, -0.25) is 15.0 Å². The van der Waals surface area contributed by atoms with Gasteiger partial charge in [-0.2, -0.15) is 0 Å². The Morgan fingerprint density at radius 1 is 1.26 bits per heavy atom. The van der Waals surface area contributed by atoms with Gasteiger partial charge in [-0.05, 0) is 30.7 Å². The number of aromatic nitrogens is 2. The second kappa shape index (κ2) is 7.18. The van der Waals surface area contributed by atoms with Crippen LogP contribution in [0.1, 0.15) is 16.9 Å². The number of alkyl halides is 1. The molecule has 2 N–H and O–H groups in total. The van der Waals surface area contributed by atoms with E-state index < -0.39 is 12.6 Å². The molecule has 2 aromatic heterocycles. The highest BCUT2D eigenvalue weighted by molar-refractivity contribution is 6.05. The Kier molecular flexibility index (Phi) is 4.57. The second-order valence-electron chi connectivity index (χ2n) is 6.39. The van der Waals surface area contributed by atoms with Crippen LogP contribution in [0.3, 0.4) is 0 Å². The molecule has 0 aromatic carbocycles. The van der Waals surface area contributed by atoms with Crippen molar-refractivity contribution in [1.82, 2.24) is 15.3 Å². The van der Waals surface area contributed by atoms with Crippen molar-refractivity contribution in [3.63, 3.8) is 0 Å². The van der Waals surface area contributed by atoms with Crippen LogP contribution in [-0.2, 0) is 0 Å². The quantitative estimate of drug-likeness (QED) is 0.857. The summed E-state index contributed by atoms with van der Waals surface area (Å²) in [6, 6.07) is 8.28. The Hall–Kier alpha value is -3.23. The van der Waals surface area contributed by atoms with E-state index in [9.17, 15) is 14.0 Å². The summed E-state index contributed by atoms with van der Waals surface area (Å²) in [5.41, 5.74) is 0.960. The number of anilines is 3. The number of pyridine rings is 2. The van der Waals surface area contributed by atoms with Gasteiger partial charge < -0.3 is 10.2 Å². The highest BCUT2D eigenvalue weighted by atomic mass is 19.1. The number of urea groups is 1. The number of nitrogens with zero attached hydrogens (tertiary/aromatic N) is 4. The van der Waals surface area contributed by atoms with Gasteiger partial charge in [0, 0.05) is 25.8 Å². The number of hydrogen-bond donors (Lipinski definition) is 2. The molecule has 1 unspecified atom stereocenters. The molecule has 8 nitrogen and oxygen atoms in total.